The molecular weight excluding hydrogens is 276 g/mol. The monoisotopic (exact) mass is 298 g/mol. The van der Waals surface area contributed by atoms with Gasteiger partial charge in [0.15, 0.2) is 11.6 Å². The number of ether oxygens (including phenoxy) is 1. The van der Waals surface area contributed by atoms with Gasteiger partial charge in [-0.1, -0.05) is 13.8 Å². The summed E-state index contributed by atoms with van der Waals surface area (Å²) < 4.78 is 5.37. The van der Waals surface area contributed by atoms with E-state index in [1.54, 1.807) is 7.11 Å². The normalized spacial score (nSPS) is 23.3. The lowest BCUT2D eigenvalue weighted by molar-refractivity contribution is -0.118. The number of carbonyl (C=O) groups is 2. The molecule has 1 aromatic carbocycles. The van der Waals surface area contributed by atoms with Crippen LogP contribution < -0.4 is 4.74 Å². The number of carbonyl (C=O) groups excluding carboxylic acids is 2. The Bertz CT molecular complexity index is 695. The van der Waals surface area contributed by atoms with E-state index in [0.717, 1.165) is 28.9 Å². The van der Waals surface area contributed by atoms with Gasteiger partial charge in [-0.15, -0.1) is 0 Å². The standard InChI is InChI=1S/C19H22O3/c1-11-7-13-12(9-18(11)22-4)8-14-15(10-17(13)21)19(2,3)6-5-16(14)20/h7-9,15H,5-6,10H2,1-4H3. The highest BCUT2D eigenvalue weighted by molar-refractivity contribution is 6.08. The first-order chi connectivity index (χ1) is 10.3. The van der Waals surface area contributed by atoms with Gasteiger partial charge in [0, 0.05) is 18.4 Å². The highest BCUT2D eigenvalue weighted by Gasteiger charge is 2.42. The van der Waals surface area contributed by atoms with Crippen molar-refractivity contribution >= 4 is 17.6 Å². The topological polar surface area (TPSA) is 43.4 Å². The van der Waals surface area contributed by atoms with Gasteiger partial charge in [-0.25, -0.2) is 0 Å². The van der Waals surface area contributed by atoms with Gasteiger partial charge in [0.25, 0.3) is 0 Å². The lowest BCUT2D eigenvalue weighted by atomic mass is 9.64. The van der Waals surface area contributed by atoms with Crippen LogP contribution >= 0.6 is 0 Å². The van der Waals surface area contributed by atoms with Crippen molar-refractivity contribution in [3.63, 3.8) is 0 Å². The predicted molar refractivity (Wildman–Crippen MR) is 86.2 cm³/mol. The van der Waals surface area contributed by atoms with Gasteiger partial charge in [0.05, 0.1) is 7.11 Å². The van der Waals surface area contributed by atoms with Crippen molar-refractivity contribution in [2.75, 3.05) is 7.11 Å². The van der Waals surface area contributed by atoms with Crippen molar-refractivity contribution in [3.05, 3.63) is 34.4 Å². The third kappa shape index (κ3) is 2.29. The molecule has 0 saturated heterocycles. The summed E-state index contributed by atoms with van der Waals surface area (Å²) >= 11 is 0. The number of methoxy groups -OCH3 is 1. The van der Waals surface area contributed by atoms with Crippen molar-refractivity contribution in [1.29, 1.82) is 0 Å². The van der Waals surface area contributed by atoms with E-state index in [9.17, 15) is 9.59 Å². The number of rotatable bonds is 1. The molecule has 0 aromatic heterocycles. The summed E-state index contributed by atoms with van der Waals surface area (Å²) in [6.45, 7) is 6.26. The van der Waals surface area contributed by atoms with Crippen LogP contribution in [0.2, 0.25) is 0 Å². The van der Waals surface area contributed by atoms with Crippen LogP contribution in [0.4, 0.5) is 0 Å². The van der Waals surface area contributed by atoms with Crippen molar-refractivity contribution in [3.8, 4) is 5.75 Å². The van der Waals surface area contributed by atoms with E-state index >= 15 is 0 Å². The third-order valence-electron chi connectivity index (χ3n) is 5.21. The third-order valence-corrected chi connectivity index (χ3v) is 5.21. The van der Waals surface area contributed by atoms with Crippen LogP contribution in [0.1, 0.15) is 54.6 Å². The number of ketones is 2. The summed E-state index contributed by atoms with van der Waals surface area (Å²) in [5.74, 6) is 1.08. The second kappa shape index (κ2) is 5.08. The number of aryl methyl sites for hydroxylation is 1. The van der Waals surface area contributed by atoms with Gasteiger partial charge in [-0.3, -0.25) is 9.59 Å². The fourth-order valence-electron chi connectivity index (χ4n) is 3.68. The molecule has 3 rings (SSSR count). The Balaban J connectivity index is 2.19. The van der Waals surface area contributed by atoms with E-state index in [1.165, 1.54) is 0 Å². The molecule has 3 nitrogen and oxygen atoms in total. The molecule has 1 fully saturated rings. The van der Waals surface area contributed by atoms with Crippen LogP contribution in [0.5, 0.6) is 5.75 Å². The minimum atomic E-state index is -0.0173. The van der Waals surface area contributed by atoms with Crippen LogP contribution in [0.3, 0.4) is 0 Å². The zero-order valence-corrected chi connectivity index (χ0v) is 13.7. The van der Waals surface area contributed by atoms with E-state index in [4.69, 9.17) is 4.74 Å². The van der Waals surface area contributed by atoms with E-state index in [0.29, 0.717) is 18.4 Å². The van der Waals surface area contributed by atoms with E-state index in [2.05, 4.69) is 13.8 Å². The van der Waals surface area contributed by atoms with Crippen LogP contribution in [0.25, 0.3) is 6.08 Å². The van der Waals surface area contributed by atoms with Crippen LogP contribution in [0.15, 0.2) is 17.7 Å². The molecule has 0 N–H and O–H groups in total. The molecule has 3 heteroatoms. The zero-order valence-electron chi connectivity index (χ0n) is 13.7. The molecule has 0 amide bonds. The van der Waals surface area contributed by atoms with Crippen molar-refractivity contribution in [1.82, 2.24) is 0 Å². The van der Waals surface area contributed by atoms with Crippen LogP contribution in [-0.2, 0) is 4.79 Å². The second-order valence-corrected chi connectivity index (χ2v) is 7.10. The van der Waals surface area contributed by atoms with Crippen molar-refractivity contribution < 1.29 is 14.3 Å². The predicted octanol–water partition coefficient (Wildman–Crippen LogP) is 3.98. The Morgan fingerprint density at radius 3 is 2.59 bits per heavy atom. The Kier molecular flexibility index (Phi) is 3.47. The SMILES string of the molecule is COc1cc2c(cc1C)C(=O)CC1C(=C2)C(=O)CCC1(C)C. The average molecular weight is 298 g/mol. The lowest BCUT2D eigenvalue weighted by Gasteiger charge is -2.38. The number of benzene rings is 1. The molecule has 2 aliphatic rings. The van der Waals surface area contributed by atoms with Crippen LogP contribution in [-0.4, -0.2) is 18.7 Å². The van der Waals surface area contributed by atoms with Crippen molar-refractivity contribution in [2.24, 2.45) is 11.3 Å². The maximum absolute atomic E-state index is 12.7. The maximum Gasteiger partial charge on any atom is 0.164 e. The van der Waals surface area contributed by atoms with Gasteiger partial charge in [0.2, 0.25) is 0 Å². The first-order valence-corrected chi connectivity index (χ1v) is 7.80. The Labute approximate surface area is 131 Å². The molecule has 22 heavy (non-hydrogen) atoms. The minimum absolute atomic E-state index is 0.0138. The lowest BCUT2D eigenvalue weighted by Crippen LogP contribution is -2.35. The molecule has 2 aliphatic carbocycles. The Hall–Kier alpha value is -1.90. The molecule has 0 spiro atoms. The largest absolute Gasteiger partial charge is 0.496 e. The maximum atomic E-state index is 12.7. The highest BCUT2D eigenvalue weighted by atomic mass is 16.5. The zero-order chi connectivity index (χ0) is 16.1. The van der Waals surface area contributed by atoms with Gasteiger partial charge in [0.1, 0.15) is 5.75 Å². The molecule has 0 heterocycles. The summed E-state index contributed by atoms with van der Waals surface area (Å²) in [7, 11) is 1.62. The van der Waals surface area contributed by atoms with Crippen molar-refractivity contribution in [2.45, 2.75) is 40.0 Å². The molecular formula is C19H22O3. The molecule has 1 unspecified atom stereocenters. The van der Waals surface area contributed by atoms with Gasteiger partial charge >= 0.3 is 0 Å². The molecule has 0 bridgehead atoms. The summed E-state index contributed by atoms with van der Waals surface area (Å²) in [5.41, 5.74) is 3.27. The Morgan fingerprint density at radius 2 is 1.91 bits per heavy atom. The van der Waals surface area contributed by atoms with E-state index < -0.39 is 0 Å². The van der Waals surface area contributed by atoms with E-state index in [-0.39, 0.29) is 22.9 Å². The molecule has 1 atom stereocenters. The highest BCUT2D eigenvalue weighted by Crippen LogP contribution is 2.47. The summed E-state index contributed by atoms with van der Waals surface area (Å²) in [6.07, 6.45) is 3.76. The number of allylic oxidation sites excluding steroid dienone is 1. The number of Topliss-reactive ketones (excluding diaryl/α,β-unsaturated/α-hetero) is 2. The van der Waals surface area contributed by atoms with Gasteiger partial charge < -0.3 is 4.74 Å². The second-order valence-electron chi connectivity index (χ2n) is 7.10. The molecule has 116 valence electrons. The summed E-state index contributed by atoms with van der Waals surface area (Å²) in [4.78, 5) is 25.1. The first kappa shape index (κ1) is 15.0. The Morgan fingerprint density at radius 1 is 1.18 bits per heavy atom. The minimum Gasteiger partial charge on any atom is -0.496 e. The quantitative estimate of drug-likeness (QED) is 0.787. The number of fused-ring (bicyclic) bond motifs is 2. The van der Waals surface area contributed by atoms with Gasteiger partial charge in [-0.2, -0.15) is 0 Å². The fourth-order valence-corrected chi connectivity index (χ4v) is 3.68. The smallest absolute Gasteiger partial charge is 0.164 e. The average Bonchev–Trinajstić information content (AvgIpc) is 2.61. The van der Waals surface area contributed by atoms with E-state index in [1.807, 2.05) is 25.1 Å². The summed E-state index contributed by atoms with van der Waals surface area (Å²) in [5, 5.41) is 0. The molecule has 1 saturated carbocycles. The van der Waals surface area contributed by atoms with Gasteiger partial charge in [-0.05, 0) is 59.6 Å². The molecule has 0 radical (unpaired) electrons. The fraction of sp³-hybridized carbons (Fsp3) is 0.474. The molecule has 0 aliphatic heterocycles. The molecule has 1 aromatic rings. The number of hydrogen-bond acceptors (Lipinski definition) is 3. The summed E-state index contributed by atoms with van der Waals surface area (Å²) in [6, 6.07) is 3.77. The first-order valence-electron chi connectivity index (χ1n) is 7.80. The van der Waals surface area contributed by atoms with Crippen LogP contribution in [0, 0.1) is 18.3 Å². The number of hydrogen-bond donors (Lipinski definition) is 0.